The number of hydrogen-bond acceptors (Lipinski definition) is 2. The Balaban J connectivity index is 1.74. The maximum Gasteiger partial charge on any atom is 0.155 e. The fourth-order valence-corrected chi connectivity index (χ4v) is 6.73. The van der Waals surface area contributed by atoms with Crippen LogP contribution in [0.1, 0.15) is 58.8 Å². The van der Waals surface area contributed by atoms with Gasteiger partial charge in [-0.1, -0.05) is 25.5 Å². The van der Waals surface area contributed by atoms with Crippen LogP contribution in [0.25, 0.3) is 0 Å². The van der Waals surface area contributed by atoms with Gasteiger partial charge in [0.05, 0.1) is 0 Å². The number of carbonyl (C=O) groups is 2. The Morgan fingerprint density at radius 1 is 1.13 bits per heavy atom. The predicted octanol–water partition coefficient (Wildman–Crippen LogP) is 4.50. The summed E-state index contributed by atoms with van der Waals surface area (Å²) in [6.45, 7) is 8.65. The van der Waals surface area contributed by atoms with E-state index in [-0.39, 0.29) is 10.8 Å². The molecule has 4 rings (SSSR count). The monoisotopic (exact) mass is 312 g/mol. The van der Waals surface area contributed by atoms with Crippen LogP contribution in [0, 0.1) is 34.5 Å². The van der Waals surface area contributed by atoms with E-state index in [0.717, 1.165) is 32.1 Å². The molecule has 0 bridgehead atoms. The average Bonchev–Trinajstić information content (AvgIpc) is 2.79. The van der Waals surface area contributed by atoms with Crippen molar-refractivity contribution in [3.05, 3.63) is 24.3 Å². The van der Waals surface area contributed by atoms with Gasteiger partial charge in [-0.05, 0) is 67.3 Å². The highest BCUT2D eigenvalue weighted by Crippen LogP contribution is 2.65. The zero-order valence-electron chi connectivity index (χ0n) is 14.4. The van der Waals surface area contributed by atoms with Crippen molar-refractivity contribution in [3.63, 3.8) is 0 Å². The summed E-state index contributed by atoms with van der Waals surface area (Å²) in [6, 6.07) is 0. The normalized spacial score (nSPS) is 49.0. The number of carbonyl (C=O) groups excluding carboxylic acids is 2. The van der Waals surface area contributed by atoms with Crippen LogP contribution in [0.15, 0.2) is 24.3 Å². The molecule has 2 heteroatoms. The van der Waals surface area contributed by atoms with Crippen LogP contribution < -0.4 is 0 Å². The topological polar surface area (TPSA) is 34.1 Å². The standard InChI is InChI=1S/C21H28O2/c1-4-13-11-18(23)21(3)10-8-17-16(19(13)21)6-5-14-12-15(22)7-9-20(14,17)2/h4,12-13,16-17,19H,1,5-11H2,2-3H3/t13?,16-,17-,19+,20+,21-/m1/s1. The van der Waals surface area contributed by atoms with E-state index in [1.165, 1.54) is 5.57 Å². The van der Waals surface area contributed by atoms with Crippen molar-refractivity contribution >= 4 is 11.6 Å². The molecule has 0 heterocycles. The number of fused-ring (bicyclic) bond motifs is 5. The third-order valence-corrected chi connectivity index (χ3v) is 8.04. The first-order chi connectivity index (χ1) is 10.9. The summed E-state index contributed by atoms with van der Waals surface area (Å²) < 4.78 is 0. The molecule has 0 aromatic heterocycles. The Labute approximate surface area is 139 Å². The number of hydrogen-bond donors (Lipinski definition) is 0. The van der Waals surface area contributed by atoms with E-state index in [9.17, 15) is 9.59 Å². The van der Waals surface area contributed by atoms with Crippen molar-refractivity contribution in [3.8, 4) is 0 Å². The van der Waals surface area contributed by atoms with Gasteiger partial charge in [-0.25, -0.2) is 0 Å². The first-order valence-electron chi connectivity index (χ1n) is 9.30. The summed E-state index contributed by atoms with van der Waals surface area (Å²) in [6.07, 6.45) is 10.8. The van der Waals surface area contributed by atoms with Crippen LogP contribution in [-0.4, -0.2) is 11.6 Å². The fraction of sp³-hybridized carbons (Fsp3) is 0.714. The molecule has 6 atom stereocenters. The van der Waals surface area contributed by atoms with Crippen LogP contribution >= 0.6 is 0 Å². The Kier molecular flexibility index (Phi) is 3.28. The minimum absolute atomic E-state index is 0.123. The second-order valence-corrected chi connectivity index (χ2v) is 8.87. The molecule has 0 aliphatic heterocycles. The number of rotatable bonds is 1. The van der Waals surface area contributed by atoms with E-state index in [2.05, 4.69) is 20.4 Å². The molecule has 0 N–H and O–H groups in total. The molecule has 3 fully saturated rings. The summed E-state index contributed by atoms with van der Waals surface area (Å²) in [7, 11) is 0. The molecular weight excluding hydrogens is 284 g/mol. The van der Waals surface area contributed by atoms with Crippen LogP contribution in [0.5, 0.6) is 0 Å². The van der Waals surface area contributed by atoms with Crippen molar-refractivity contribution in [2.24, 2.45) is 34.5 Å². The first kappa shape index (κ1) is 15.4. The second kappa shape index (κ2) is 4.91. The van der Waals surface area contributed by atoms with Crippen LogP contribution in [0.2, 0.25) is 0 Å². The summed E-state index contributed by atoms with van der Waals surface area (Å²) in [5.41, 5.74) is 1.47. The van der Waals surface area contributed by atoms with Crippen molar-refractivity contribution in [1.29, 1.82) is 0 Å². The molecule has 0 aromatic rings. The Bertz CT molecular complexity index is 615. The molecule has 0 spiro atoms. The lowest BCUT2D eigenvalue weighted by molar-refractivity contribution is -0.132. The second-order valence-electron chi connectivity index (χ2n) is 8.87. The van der Waals surface area contributed by atoms with Crippen LogP contribution in [0.4, 0.5) is 0 Å². The Morgan fingerprint density at radius 3 is 2.65 bits per heavy atom. The lowest BCUT2D eigenvalue weighted by atomic mass is 9.46. The third-order valence-electron chi connectivity index (χ3n) is 8.04. The zero-order valence-corrected chi connectivity index (χ0v) is 14.4. The predicted molar refractivity (Wildman–Crippen MR) is 90.8 cm³/mol. The SMILES string of the molecule is C=CC1CC(=O)[C@@]2(C)CC[C@@H]3[C@@H](CCC4=CC(=O)CC[C@@]43C)[C@H]12. The van der Waals surface area contributed by atoms with Gasteiger partial charge in [0.2, 0.25) is 0 Å². The van der Waals surface area contributed by atoms with E-state index in [4.69, 9.17) is 0 Å². The smallest absolute Gasteiger partial charge is 0.155 e. The molecule has 3 saturated carbocycles. The van der Waals surface area contributed by atoms with Gasteiger partial charge in [0, 0.05) is 18.3 Å². The van der Waals surface area contributed by atoms with Gasteiger partial charge in [-0.15, -0.1) is 6.58 Å². The van der Waals surface area contributed by atoms with Crippen LogP contribution in [0.3, 0.4) is 0 Å². The lowest BCUT2D eigenvalue weighted by Gasteiger charge is -2.57. The molecule has 0 aromatic carbocycles. The summed E-state index contributed by atoms with van der Waals surface area (Å²) in [5, 5.41) is 0. The maximum atomic E-state index is 12.7. The fourth-order valence-electron chi connectivity index (χ4n) is 6.73. The van der Waals surface area contributed by atoms with E-state index in [1.807, 2.05) is 12.2 Å². The number of ketones is 2. The highest BCUT2D eigenvalue weighted by Gasteiger charge is 2.61. The van der Waals surface area contributed by atoms with Crippen molar-refractivity contribution in [1.82, 2.24) is 0 Å². The van der Waals surface area contributed by atoms with Crippen LogP contribution in [-0.2, 0) is 9.59 Å². The Hall–Kier alpha value is -1.18. The number of Topliss-reactive ketones (excluding diaryl/α,β-unsaturated/α-hetero) is 1. The van der Waals surface area contributed by atoms with Gasteiger partial charge in [-0.3, -0.25) is 9.59 Å². The van der Waals surface area contributed by atoms with Gasteiger partial charge in [0.25, 0.3) is 0 Å². The minimum Gasteiger partial charge on any atom is -0.299 e. The molecule has 23 heavy (non-hydrogen) atoms. The molecule has 0 saturated heterocycles. The van der Waals surface area contributed by atoms with Gasteiger partial charge in [-0.2, -0.15) is 0 Å². The van der Waals surface area contributed by atoms with E-state index in [1.54, 1.807) is 0 Å². The maximum absolute atomic E-state index is 12.7. The van der Waals surface area contributed by atoms with Crippen molar-refractivity contribution in [2.45, 2.75) is 58.8 Å². The quantitative estimate of drug-likeness (QED) is 0.668. The van der Waals surface area contributed by atoms with Crippen molar-refractivity contribution < 1.29 is 9.59 Å². The third kappa shape index (κ3) is 1.93. The first-order valence-corrected chi connectivity index (χ1v) is 9.30. The van der Waals surface area contributed by atoms with Gasteiger partial charge < -0.3 is 0 Å². The number of allylic oxidation sites excluding steroid dienone is 2. The largest absolute Gasteiger partial charge is 0.299 e. The summed E-state index contributed by atoms with van der Waals surface area (Å²) in [5.74, 6) is 2.88. The molecule has 4 aliphatic carbocycles. The molecule has 124 valence electrons. The Morgan fingerprint density at radius 2 is 1.91 bits per heavy atom. The molecule has 1 unspecified atom stereocenters. The van der Waals surface area contributed by atoms with Gasteiger partial charge in [0.1, 0.15) is 5.78 Å². The lowest BCUT2D eigenvalue weighted by Crippen LogP contribution is -2.51. The molecule has 4 aliphatic rings. The molecule has 0 radical (unpaired) electrons. The van der Waals surface area contributed by atoms with Crippen molar-refractivity contribution in [2.75, 3.05) is 0 Å². The van der Waals surface area contributed by atoms with E-state index in [0.29, 0.717) is 48.1 Å². The van der Waals surface area contributed by atoms with Gasteiger partial charge >= 0.3 is 0 Å². The summed E-state index contributed by atoms with van der Waals surface area (Å²) >= 11 is 0. The van der Waals surface area contributed by atoms with Gasteiger partial charge in [0.15, 0.2) is 5.78 Å². The molecular formula is C21H28O2. The van der Waals surface area contributed by atoms with E-state index >= 15 is 0 Å². The van der Waals surface area contributed by atoms with E-state index < -0.39 is 0 Å². The molecule has 0 amide bonds. The highest BCUT2D eigenvalue weighted by molar-refractivity contribution is 5.91. The zero-order chi connectivity index (χ0) is 16.4. The molecule has 2 nitrogen and oxygen atoms in total. The average molecular weight is 312 g/mol. The highest BCUT2D eigenvalue weighted by atomic mass is 16.1. The summed E-state index contributed by atoms with van der Waals surface area (Å²) in [4.78, 5) is 24.5. The minimum atomic E-state index is -0.123.